The lowest BCUT2D eigenvalue weighted by Crippen LogP contribution is -2.12. The minimum absolute atomic E-state index is 0.195. The van der Waals surface area contributed by atoms with E-state index in [9.17, 15) is 8.42 Å². The summed E-state index contributed by atoms with van der Waals surface area (Å²) in [5.41, 5.74) is 4.90. The van der Waals surface area contributed by atoms with Crippen molar-refractivity contribution < 1.29 is 8.42 Å². The lowest BCUT2D eigenvalue weighted by atomic mass is 10.1. The van der Waals surface area contributed by atoms with Gasteiger partial charge in [-0.15, -0.1) is 0 Å². The molecule has 37 heavy (non-hydrogen) atoms. The van der Waals surface area contributed by atoms with E-state index in [1.165, 1.54) is 0 Å². The van der Waals surface area contributed by atoms with Crippen LogP contribution in [0.2, 0.25) is 0 Å². The molecule has 0 aliphatic rings. The Hall–Kier alpha value is -4.69. The van der Waals surface area contributed by atoms with Gasteiger partial charge in [-0.3, -0.25) is 4.72 Å². The highest BCUT2D eigenvalue weighted by Crippen LogP contribution is 2.24. The highest BCUT2D eigenvalue weighted by molar-refractivity contribution is 7.92. The van der Waals surface area contributed by atoms with Gasteiger partial charge < -0.3 is 10.6 Å². The second-order valence-electron chi connectivity index (χ2n) is 8.41. The van der Waals surface area contributed by atoms with Gasteiger partial charge in [0.15, 0.2) is 0 Å². The van der Waals surface area contributed by atoms with Gasteiger partial charge in [-0.05, 0) is 66.6 Å². The van der Waals surface area contributed by atoms with Gasteiger partial charge in [-0.25, -0.2) is 13.4 Å². The molecule has 0 fully saturated rings. The minimum Gasteiger partial charge on any atom is -0.340 e. The van der Waals surface area contributed by atoms with Crippen molar-refractivity contribution in [1.29, 1.82) is 0 Å². The Bertz CT molecular complexity index is 1590. The third-order valence-electron chi connectivity index (χ3n) is 5.57. The predicted molar refractivity (Wildman–Crippen MR) is 149 cm³/mol. The standard InChI is InChI=1S/C29H25N5O2S/c1-21-20-28(31-24-10-6-3-7-11-24)33-29(30-21)32-25-14-16-26(17-15-25)34-37(35,36)27-18-12-23(13-19-27)22-8-4-2-5-9-22/h2-20,34H,1H3,(H2,30,31,32,33). The summed E-state index contributed by atoms with van der Waals surface area (Å²) in [5.74, 6) is 1.11. The van der Waals surface area contributed by atoms with Crippen LogP contribution in [-0.4, -0.2) is 18.4 Å². The van der Waals surface area contributed by atoms with Crippen molar-refractivity contribution in [3.63, 3.8) is 0 Å². The summed E-state index contributed by atoms with van der Waals surface area (Å²) in [4.78, 5) is 9.17. The van der Waals surface area contributed by atoms with Gasteiger partial charge in [0.1, 0.15) is 5.82 Å². The number of aryl methyl sites for hydroxylation is 1. The summed E-state index contributed by atoms with van der Waals surface area (Å²) in [6.07, 6.45) is 0. The largest absolute Gasteiger partial charge is 0.340 e. The van der Waals surface area contributed by atoms with Gasteiger partial charge in [-0.2, -0.15) is 4.98 Å². The van der Waals surface area contributed by atoms with Crippen LogP contribution in [0.15, 0.2) is 120 Å². The highest BCUT2D eigenvalue weighted by Gasteiger charge is 2.14. The van der Waals surface area contributed by atoms with Crippen LogP contribution in [0.5, 0.6) is 0 Å². The molecule has 0 bridgehead atoms. The fraction of sp³-hybridized carbons (Fsp3) is 0.0345. The molecule has 0 amide bonds. The van der Waals surface area contributed by atoms with Crippen molar-refractivity contribution in [3.05, 3.63) is 121 Å². The summed E-state index contributed by atoms with van der Waals surface area (Å²) in [6, 6.07) is 35.2. The maximum absolute atomic E-state index is 12.9. The summed E-state index contributed by atoms with van der Waals surface area (Å²) in [5, 5.41) is 6.44. The van der Waals surface area contributed by atoms with Crippen LogP contribution in [0.1, 0.15) is 5.69 Å². The van der Waals surface area contributed by atoms with Crippen molar-refractivity contribution in [2.24, 2.45) is 0 Å². The summed E-state index contributed by atoms with van der Waals surface area (Å²) >= 11 is 0. The van der Waals surface area contributed by atoms with Gasteiger partial charge in [-0.1, -0.05) is 60.7 Å². The van der Waals surface area contributed by atoms with E-state index >= 15 is 0 Å². The molecule has 0 saturated carbocycles. The second kappa shape index (κ2) is 10.5. The molecule has 1 aromatic heterocycles. The first-order chi connectivity index (χ1) is 17.9. The molecule has 8 heteroatoms. The maximum Gasteiger partial charge on any atom is 0.261 e. The molecular weight excluding hydrogens is 482 g/mol. The van der Waals surface area contributed by atoms with E-state index in [0.29, 0.717) is 17.5 Å². The van der Waals surface area contributed by atoms with E-state index in [1.54, 1.807) is 48.5 Å². The highest BCUT2D eigenvalue weighted by atomic mass is 32.2. The van der Waals surface area contributed by atoms with Gasteiger partial charge in [0.2, 0.25) is 5.95 Å². The van der Waals surface area contributed by atoms with E-state index in [0.717, 1.165) is 28.2 Å². The lowest BCUT2D eigenvalue weighted by molar-refractivity contribution is 0.601. The molecule has 5 rings (SSSR count). The number of rotatable bonds is 8. The molecule has 5 aromatic rings. The smallest absolute Gasteiger partial charge is 0.261 e. The average molecular weight is 508 g/mol. The lowest BCUT2D eigenvalue weighted by Gasteiger charge is -2.12. The van der Waals surface area contributed by atoms with E-state index in [-0.39, 0.29) is 4.90 Å². The van der Waals surface area contributed by atoms with Crippen LogP contribution in [-0.2, 0) is 10.0 Å². The van der Waals surface area contributed by atoms with E-state index < -0.39 is 10.0 Å². The predicted octanol–water partition coefficient (Wildman–Crippen LogP) is 6.74. The molecule has 0 unspecified atom stereocenters. The first kappa shape index (κ1) is 24.0. The molecule has 0 aliphatic heterocycles. The Kier molecular flexibility index (Phi) is 6.83. The second-order valence-corrected chi connectivity index (χ2v) is 10.1. The third kappa shape index (κ3) is 6.12. The van der Waals surface area contributed by atoms with Crippen LogP contribution < -0.4 is 15.4 Å². The molecule has 0 radical (unpaired) electrons. The minimum atomic E-state index is -3.73. The first-order valence-electron chi connectivity index (χ1n) is 11.7. The van der Waals surface area contributed by atoms with Gasteiger partial charge in [0.05, 0.1) is 4.90 Å². The van der Waals surface area contributed by atoms with Gasteiger partial charge in [0, 0.05) is 28.8 Å². The first-order valence-corrected chi connectivity index (χ1v) is 13.2. The number of hydrogen-bond donors (Lipinski definition) is 3. The van der Waals surface area contributed by atoms with Crippen LogP contribution in [0.4, 0.5) is 28.8 Å². The van der Waals surface area contributed by atoms with E-state index in [2.05, 4.69) is 25.3 Å². The summed E-state index contributed by atoms with van der Waals surface area (Å²) in [7, 11) is -3.73. The van der Waals surface area contributed by atoms with E-state index in [1.807, 2.05) is 73.7 Å². The van der Waals surface area contributed by atoms with Gasteiger partial charge in [0.25, 0.3) is 10.0 Å². The van der Waals surface area contributed by atoms with Crippen molar-refractivity contribution in [1.82, 2.24) is 9.97 Å². The zero-order valence-corrected chi connectivity index (χ0v) is 20.9. The number of hydrogen-bond acceptors (Lipinski definition) is 6. The van der Waals surface area contributed by atoms with Crippen LogP contribution in [0, 0.1) is 6.92 Å². The number of sulfonamides is 1. The SMILES string of the molecule is Cc1cc(Nc2ccccc2)nc(Nc2ccc(NS(=O)(=O)c3ccc(-c4ccccc4)cc3)cc2)n1. The molecule has 184 valence electrons. The van der Waals surface area contributed by atoms with Crippen molar-refractivity contribution >= 4 is 38.9 Å². The molecule has 0 spiro atoms. The van der Waals surface area contributed by atoms with Crippen molar-refractivity contribution in [2.75, 3.05) is 15.4 Å². The quantitative estimate of drug-likeness (QED) is 0.215. The number of anilines is 5. The molecule has 4 aromatic carbocycles. The van der Waals surface area contributed by atoms with Gasteiger partial charge >= 0.3 is 0 Å². The Morgan fingerprint density at radius 3 is 1.84 bits per heavy atom. The average Bonchev–Trinajstić information content (AvgIpc) is 2.90. The molecule has 0 atom stereocenters. The Morgan fingerprint density at radius 2 is 1.16 bits per heavy atom. The number of nitrogens with one attached hydrogen (secondary N) is 3. The number of nitrogens with zero attached hydrogens (tertiary/aromatic N) is 2. The fourth-order valence-electron chi connectivity index (χ4n) is 3.78. The van der Waals surface area contributed by atoms with E-state index in [4.69, 9.17) is 0 Å². The molecule has 0 aliphatic carbocycles. The topological polar surface area (TPSA) is 96.0 Å². The Balaban J connectivity index is 1.26. The molecular formula is C29H25N5O2S. The fourth-order valence-corrected chi connectivity index (χ4v) is 4.84. The van der Waals surface area contributed by atoms with Crippen LogP contribution in [0.25, 0.3) is 11.1 Å². The molecule has 1 heterocycles. The summed E-state index contributed by atoms with van der Waals surface area (Å²) < 4.78 is 28.4. The maximum atomic E-state index is 12.9. The Morgan fingerprint density at radius 1 is 0.595 bits per heavy atom. The van der Waals surface area contributed by atoms with Crippen molar-refractivity contribution in [3.8, 4) is 11.1 Å². The summed E-state index contributed by atoms with van der Waals surface area (Å²) in [6.45, 7) is 1.90. The number of para-hydroxylation sites is 1. The molecule has 7 nitrogen and oxygen atoms in total. The number of aromatic nitrogens is 2. The normalized spacial score (nSPS) is 11.1. The molecule has 0 saturated heterocycles. The molecule has 3 N–H and O–H groups in total. The zero-order chi connectivity index (χ0) is 25.7. The van der Waals surface area contributed by atoms with Crippen LogP contribution >= 0.6 is 0 Å². The monoisotopic (exact) mass is 507 g/mol. The zero-order valence-electron chi connectivity index (χ0n) is 20.1. The number of benzene rings is 4. The van der Waals surface area contributed by atoms with Crippen molar-refractivity contribution in [2.45, 2.75) is 11.8 Å². The Labute approximate surface area is 216 Å². The van der Waals surface area contributed by atoms with Crippen LogP contribution in [0.3, 0.4) is 0 Å². The third-order valence-corrected chi connectivity index (χ3v) is 6.96.